The normalized spacial score (nSPS) is 22.3. The Kier molecular flexibility index (Phi) is 4.89. The molecule has 132 valence electrons. The van der Waals surface area contributed by atoms with Crippen molar-refractivity contribution < 1.29 is 8.78 Å². The van der Waals surface area contributed by atoms with Gasteiger partial charge in [0.1, 0.15) is 0 Å². The molecule has 1 unspecified atom stereocenters. The molecule has 0 amide bonds. The first-order valence-electron chi connectivity index (χ1n) is 8.91. The van der Waals surface area contributed by atoms with E-state index in [0.29, 0.717) is 18.5 Å². The average molecular weight is 327 g/mol. The molecule has 1 aliphatic rings. The van der Waals surface area contributed by atoms with Gasteiger partial charge in [0, 0.05) is 5.92 Å². The maximum atomic E-state index is 15.4. The van der Waals surface area contributed by atoms with E-state index in [1.807, 2.05) is 34.6 Å². The van der Waals surface area contributed by atoms with Crippen molar-refractivity contribution in [3.05, 3.63) is 11.4 Å². The molecule has 1 heterocycles. The van der Waals surface area contributed by atoms with E-state index in [1.165, 1.54) is 0 Å². The van der Waals surface area contributed by atoms with Gasteiger partial charge in [-0.1, -0.05) is 45.7 Å². The average Bonchev–Trinajstić information content (AvgIpc) is 2.90. The maximum Gasteiger partial charge on any atom is 0.296 e. The maximum absolute atomic E-state index is 15.4. The summed E-state index contributed by atoms with van der Waals surface area (Å²) in [6.45, 7) is 12.0. The molecule has 23 heavy (non-hydrogen) atoms. The van der Waals surface area contributed by atoms with Crippen molar-refractivity contribution in [2.45, 2.75) is 91.5 Å². The molecular formula is C18H31F2N3. The summed E-state index contributed by atoms with van der Waals surface area (Å²) in [4.78, 5) is 0. The lowest BCUT2D eigenvalue weighted by Gasteiger charge is -2.39. The predicted molar refractivity (Wildman–Crippen MR) is 88.6 cm³/mol. The minimum absolute atomic E-state index is 0.0785. The van der Waals surface area contributed by atoms with Crippen molar-refractivity contribution in [1.82, 2.24) is 15.0 Å². The van der Waals surface area contributed by atoms with Crippen LogP contribution >= 0.6 is 0 Å². The minimum Gasteiger partial charge on any atom is -0.243 e. The molecule has 0 fully saturated rings. The highest BCUT2D eigenvalue weighted by atomic mass is 19.3. The molecule has 0 aromatic carbocycles. The zero-order valence-corrected chi connectivity index (χ0v) is 15.4. The summed E-state index contributed by atoms with van der Waals surface area (Å²) in [5, 5.41) is 8.13. The second-order valence-corrected chi connectivity index (χ2v) is 8.23. The molecular weight excluding hydrogens is 296 g/mol. The van der Waals surface area contributed by atoms with Gasteiger partial charge in [-0.15, -0.1) is 5.10 Å². The van der Waals surface area contributed by atoms with Gasteiger partial charge in [-0.25, -0.2) is 4.68 Å². The second-order valence-electron chi connectivity index (χ2n) is 8.23. The lowest BCUT2D eigenvalue weighted by molar-refractivity contribution is -0.120. The molecule has 1 aromatic rings. The summed E-state index contributed by atoms with van der Waals surface area (Å²) in [5.41, 5.74) is -0.142. The fraction of sp³-hybridized carbons (Fsp3) is 0.889. The third kappa shape index (κ3) is 3.16. The van der Waals surface area contributed by atoms with Gasteiger partial charge < -0.3 is 0 Å². The van der Waals surface area contributed by atoms with Crippen LogP contribution < -0.4 is 0 Å². The lowest BCUT2D eigenvalue weighted by atomic mass is 9.69. The summed E-state index contributed by atoms with van der Waals surface area (Å²) < 4.78 is 32.5. The Morgan fingerprint density at radius 1 is 1.13 bits per heavy atom. The standard InChI is InChI=1S/C18H31F2N3/c1-7-16(3,4)14-12-10-9-11-13-15(18(14,19)20)21-22-23(13)17(5,6)8-2/h14H,7-12H2,1-6H3. The molecule has 1 aliphatic carbocycles. The molecule has 1 atom stereocenters. The molecule has 3 nitrogen and oxygen atoms in total. The van der Waals surface area contributed by atoms with Gasteiger partial charge >= 0.3 is 0 Å². The highest BCUT2D eigenvalue weighted by Crippen LogP contribution is 2.50. The van der Waals surface area contributed by atoms with Crippen molar-refractivity contribution >= 4 is 0 Å². The third-order valence-electron chi connectivity index (χ3n) is 5.97. The Morgan fingerprint density at radius 3 is 2.35 bits per heavy atom. The topological polar surface area (TPSA) is 30.7 Å². The van der Waals surface area contributed by atoms with Crippen molar-refractivity contribution in [2.75, 3.05) is 0 Å². The first-order chi connectivity index (χ1) is 10.6. The summed E-state index contributed by atoms with van der Waals surface area (Å²) in [7, 11) is 0. The van der Waals surface area contributed by atoms with E-state index >= 15 is 8.78 Å². The van der Waals surface area contributed by atoms with Gasteiger partial charge in [-0.05, 0) is 44.9 Å². The monoisotopic (exact) mass is 327 g/mol. The fourth-order valence-electron chi connectivity index (χ4n) is 3.54. The predicted octanol–water partition coefficient (Wildman–Crippen LogP) is 5.29. The zero-order valence-electron chi connectivity index (χ0n) is 15.4. The first kappa shape index (κ1) is 18.3. The third-order valence-corrected chi connectivity index (χ3v) is 5.97. The number of alkyl halides is 2. The molecule has 0 saturated carbocycles. The fourth-order valence-corrected chi connectivity index (χ4v) is 3.54. The van der Waals surface area contributed by atoms with Gasteiger partial charge in [0.2, 0.25) is 0 Å². The van der Waals surface area contributed by atoms with Crippen LogP contribution in [0.4, 0.5) is 8.78 Å². The van der Waals surface area contributed by atoms with E-state index in [2.05, 4.69) is 17.2 Å². The summed E-state index contributed by atoms with van der Waals surface area (Å²) >= 11 is 0. The summed E-state index contributed by atoms with van der Waals surface area (Å²) in [6, 6.07) is 0. The van der Waals surface area contributed by atoms with Gasteiger partial charge in [-0.3, -0.25) is 0 Å². The number of nitrogens with zero attached hydrogens (tertiary/aromatic N) is 3. The Morgan fingerprint density at radius 2 is 1.78 bits per heavy atom. The van der Waals surface area contributed by atoms with Gasteiger partial charge in [0.15, 0.2) is 5.69 Å². The van der Waals surface area contributed by atoms with E-state index in [1.54, 1.807) is 4.68 Å². The molecule has 1 aromatic heterocycles. The number of rotatable bonds is 4. The van der Waals surface area contributed by atoms with Crippen LogP contribution in [0.3, 0.4) is 0 Å². The van der Waals surface area contributed by atoms with Crippen LogP contribution in [-0.4, -0.2) is 15.0 Å². The van der Waals surface area contributed by atoms with Crippen molar-refractivity contribution in [1.29, 1.82) is 0 Å². The molecule has 5 heteroatoms. The smallest absolute Gasteiger partial charge is 0.243 e. The molecule has 2 rings (SSSR count). The molecule has 0 radical (unpaired) electrons. The van der Waals surface area contributed by atoms with Crippen LogP contribution in [0.1, 0.15) is 85.0 Å². The van der Waals surface area contributed by atoms with Crippen LogP contribution in [0.2, 0.25) is 0 Å². The highest BCUT2D eigenvalue weighted by molar-refractivity contribution is 5.20. The van der Waals surface area contributed by atoms with E-state index < -0.39 is 17.3 Å². The highest BCUT2D eigenvalue weighted by Gasteiger charge is 2.52. The number of hydrogen-bond donors (Lipinski definition) is 0. The Hall–Kier alpha value is -1.00. The lowest BCUT2D eigenvalue weighted by Crippen LogP contribution is -2.39. The number of hydrogen-bond acceptors (Lipinski definition) is 2. The van der Waals surface area contributed by atoms with Crippen LogP contribution in [0.25, 0.3) is 0 Å². The van der Waals surface area contributed by atoms with Crippen LogP contribution in [0.15, 0.2) is 0 Å². The van der Waals surface area contributed by atoms with Crippen LogP contribution in [0.5, 0.6) is 0 Å². The van der Waals surface area contributed by atoms with Crippen LogP contribution in [-0.2, 0) is 17.9 Å². The first-order valence-corrected chi connectivity index (χ1v) is 8.91. The van der Waals surface area contributed by atoms with Crippen molar-refractivity contribution in [3.8, 4) is 0 Å². The summed E-state index contributed by atoms with van der Waals surface area (Å²) in [5.74, 6) is -3.61. The number of aromatic nitrogens is 3. The largest absolute Gasteiger partial charge is 0.296 e. The molecule has 0 bridgehead atoms. The molecule has 0 saturated heterocycles. The van der Waals surface area contributed by atoms with Crippen molar-refractivity contribution in [3.63, 3.8) is 0 Å². The van der Waals surface area contributed by atoms with Crippen molar-refractivity contribution in [2.24, 2.45) is 11.3 Å². The van der Waals surface area contributed by atoms with Gasteiger partial charge in [-0.2, -0.15) is 8.78 Å². The zero-order chi connectivity index (χ0) is 17.5. The Bertz CT molecular complexity index is 546. The minimum atomic E-state index is -2.92. The SMILES string of the molecule is CCC(C)(C)C1CCCCc2c(nnn2C(C)(C)CC)C1(F)F. The van der Waals surface area contributed by atoms with E-state index in [4.69, 9.17) is 0 Å². The Labute approximate surface area is 138 Å². The Balaban J connectivity index is 2.56. The number of halogens is 2. The van der Waals surface area contributed by atoms with E-state index in [0.717, 1.165) is 25.7 Å². The van der Waals surface area contributed by atoms with Gasteiger partial charge in [0.25, 0.3) is 5.92 Å². The molecule has 0 N–H and O–H groups in total. The molecule has 0 spiro atoms. The van der Waals surface area contributed by atoms with Crippen LogP contribution in [0, 0.1) is 11.3 Å². The van der Waals surface area contributed by atoms with E-state index in [-0.39, 0.29) is 11.2 Å². The molecule has 0 aliphatic heterocycles. The van der Waals surface area contributed by atoms with E-state index in [9.17, 15) is 0 Å². The quantitative estimate of drug-likeness (QED) is 0.752. The van der Waals surface area contributed by atoms with Gasteiger partial charge in [0.05, 0.1) is 11.2 Å². The summed E-state index contributed by atoms with van der Waals surface area (Å²) in [6.07, 6.45) is 4.51. The second kappa shape index (κ2) is 6.14. The number of fused-ring (bicyclic) bond motifs is 1.